The molecule has 122 valence electrons. The number of piperidine rings is 1. The van der Waals surface area contributed by atoms with Crippen molar-refractivity contribution in [1.29, 1.82) is 0 Å². The van der Waals surface area contributed by atoms with Gasteiger partial charge in [-0.1, -0.05) is 11.6 Å². The molecule has 0 bridgehead atoms. The lowest BCUT2D eigenvalue weighted by atomic mass is 9.81. The zero-order valence-corrected chi connectivity index (χ0v) is 12.5. The number of allylic oxidation sites excluding steroid dienone is 4. The van der Waals surface area contributed by atoms with Crippen molar-refractivity contribution >= 4 is 29.6 Å². The molecule has 0 spiro atoms. The van der Waals surface area contributed by atoms with Crippen molar-refractivity contribution < 1.29 is 22.4 Å². The summed E-state index contributed by atoms with van der Waals surface area (Å²) in [6.45, 7) is 0.0691. The fraction of sp³-hybridized carbons (Fsp3) is 0.467. The summed E-state index contributed by atoms with van der Waals surface area (Å²) in [7, 11) is 0. The van der Waals surface area contributed by atoms with Crippen LogP contribution >= 0.6 is 11.6 Å². The number of likely N-dealkylation sites (tertiary alicyclic amines) is 1. The Kier molecular flexibility index (Phi) is 3.96. The second kappa shape index (κ2) is 5.68. The molecule has 0 aromatic heterocycles. The van der Waals surface area contributed by atoms with Crippen LogP contribution in [0.15, 0.2) is 28.7 Å². The number of fused-ring (bicyclic) bond motifs is 1. The Morgan fingerprint density at radius 3 is 2.78 bits per heavy atom. The van der Waals surface area contributed by atoms with Crippen molar-refractivity contribution in [3.05, 3.63) is 28.7 Å². The number of carbonyl (C=O) groups excluding carboxylic acids is 1. The summed E-state index contributed by atoms with van der Waals surface area (Å²) in [5.41, 5.74) is -0.275. The van der Waals surface area contributed by atoms with Gasteiger partial charge in [-0.3, -0.25) is 4.79 Å². The number of hydrogen-bond acceptors (Lipinski definition) is 1. The van der Waals surface area contributed by atoms with Crippen LogP contribution in [0.5, 0.6) is 0 Å². The first-order chi connectivity index (χ1) is 10.8. The van der Waals surface area contributed by atoms with Crippen LogP contribution in [-0.4, -0.2) is 35.6 Å². The second-order valence-electron chi connectivity index (χ2n) is 5.64. The highest BCUT2D eigenvalue weighted by Crippen LogP contribution is 2.41. The minimum atomic E-state index is -4.49. The monoisotopic (exact) mass is 347 g/mol. The van der Waals surface area contributed by atoms with Crippen LogP contribution in [0.3, 0.4) is 0 Å². The van der Waals surface area contributed by atoms with E-state index >= 15 is 0 Å². The van der Waals surface area contributed by atoms with Crippen molar-refractivity contribution in [3.63, 3.8) is 0 Å². The molecule has 2 aliphatic heterocycles. The largest absolute Gasteiger partial charge is 0.398 e. The predicted molar refractivity (Wildman–Crippen MR) is 77.3 cm³/mol. The van der Waals surface area contributed by atoms with Gasteiger partial charge in [-0.05, 0) is 29.2 Å². The molecule has 3 unspecified atom stereocenters. The molecule has 0 N–H and O–H groups in total. The van der Waals surface area contributed by atoms with Crippen molar-refractivity contribution in [2.45, 2.75) is 19.0 Å². The van der Waals surface area contributed by atoms with Crippen molar-refractivity contribution in [1.82, 2.24) is 9.57 Å². The summed E-state index contributed by atoms with van der Waals surface area (Å²) in [5.74, 6) is -1.77. The van der Waals surface area contributed by atoms with Gasteiger partial charge in [0, 0.05) is 6.54 Å². The molecule has 3 rings (SSSR count). The van der Waals surface area contributed by atoms with E-state index in [1.54, 1.807) is 0 Å². The highest BCUT2D eigenvalue weighted by Gasteiger charge is 2.50. The number of carbonyl (C=O) groups is 1. The van der Waals surface area contributed by atoms with E-state index in [0.29, 0.717) is 6.42 Å². The lowest BCUT2D eigenvalue weighted by Gasteiger charge is -2.38. The molecular formula is C15H12ClF4N2O+. The number of nitrogens with zero attached hydrogens (tertiary/aromatic N) is 2. The van der Waals surface area contributed by atoms with E-state index in [1.165, 1.54) is 12.2 Å². The molecule has 0 aromatic rings. The number of amides is 1. The maximum absolute atomic E-state index is 13.5. The zero-order valence-electron chi connectivity index (χ0n) is 11.8. The normalized spacial score (nSPS) is 30.7. The number of alkyl halides is 3. The van der Waals surface area contributed by atoms with Gasteiger partial charge in [-0.15, -0.1) is 0 Å². The van der Waals surface area contributed by atoms with Crippen LogP contribution in [-0.2, 0) is 4.79 Å². The Labute approximate surface area is 134 Å². The molecule has 0 aromatic carbocycles. The quantitative estimate of drug-likeness (QED) is 0.530. The molecule has 8 heteroatoms. The molecule has 1 amide bonds. The van der Waals surface area contributed by atoms with Gasteiger partial charge < -0.3 is 4.90 Å². The Hall–Kier alpha value is -1.81. The summed E-state index contributed by atoms with van der Waals surface area (Å²) in [5, 5.41) is -0.187. The Bertz CT molecular complexity index is 711. The van der Waals surface area contributed by atoms with Gasteiger partial charge in [-0.2, -0.15) is 13.2 Å². The van der Waals surface area contributed by atoms with Gasteiger partial charge in [0.25, 0.3) is 6.21 Å². The lowest BCUT2D eigenvalue weighted by Crippen LogP contribution is -2.48. The number of halogens is 5. The van der Waals surface area contributed by atoms with E-state index < -0.39 is 35.7 Å². The summed E-state index contributed by atoms with van der Waals surface area (Å²) in [6.07, 6.45) is -0.795. The van der Waals surface area contributed by atoms with Crippen LogP contribution in [0.4, 0.5) is 17.6 Å². The van der Waals surface area contributed by atoms with E-state index in [-0.39, 0.29) is 23.7 Å². The van der Waals surface area contributed by atoms with Crippen LogP contribution in [0.1, 0.15) is 12.8 Å². The predicted octanol–water partition coefficient (Wildman–Crippen LogP) is 2.71. The van der Waals surface area contributed by atoms with Crippen LogP contribution < -0.4 is 4.67 Å². The van der Waals surface area contributed by atoms with E-state index in [0.717, 1.165) is 11.1 Å². The number of rotatable bonds is 1. The molecule has 0 radical (unpaired) electrons. The minimum absolute atomic E-state index is 0.0691. The molecule has 1 saturated heterocycles. The van der Waals surface area contributed by atoms with Crippen molar-refractivity contribution in [2.75, 3.05) is 6.54 Å². The van der Waals surface area contributed by atoms with Crippen LogP contribution in [0, 0.1) is 17.8 Å². The fourth-order valence-electron chi connectivity index (χ4n) is 3.05. The van der Waals surface area contributed by atoms with Gasteiger partial charge in [0.15, 0.2) is 5.70 Å². The zero-order chi connectivity index (χ0) is 16.8. The second-order valence-corrected chi connectivity index (χ2v) is 6.04. The highest BCUT2D eigenvalue weighted by molar-refractivity contribution is 6.32. The molecule has 23 heavy (non-hydrogen) atoms. The van der Waals surface area contributed by atoms with Crippen molar-refractivity contribution in [2.24, 2.45) is 17.8 Å². The third-order valence-electron chi connectivity index (χ3n) is 4.24. The van der Waals surface area contributed by atoms with E-state index in [9.17, 15) is 22.4 Å². The van der Waals surface area contributed by atoms with Gasteiger partial charge in [0.1, 0.15) is 11.7 Å². The third kappa shape index (κ3) is 2.88. The molecule has 2 heterocycles. The maximum Gasteiger partial charge on any atom is 0.398 e. The number of hydrogen-bond donors (Lipinski definition) is 0. The molecule has 3 atom stereocenters. The molecule has 1 aliphatic carbocycles. The van der Waals surface area contributed by atoms with E-state index in [1.807, 2.05) is 0 Å². The maximum atomic E-state index is 13.5. The topological polar surface area (TPSA) is 34.4 Å². The average Bonchev–Trinajstić information content (AvgIpc) is 2.49. The average molecular weight is 348 g/mol. The van der Waals surface area contributed by atoms with Crippen LogP contribution in [0.2, 0.25) is 0 Å². The smallest absolute Gasteiger partial charge is 0.302 e. The van der Waals surface area contributed by atoms with Gasteiger partial charge in [-0.25, -0.2) is 4.39 Å². The van der Waals surface area contributed by atoms with Gasteiger partial charge >= 0.3 is 12.0 Å². The minimum Gasteiger partial charge on any atom is -0.302 e. The first kappa shape index (κ1) is 16.1. The summed E-state index contributed by atoms with van der Waals surface area (Å²) in [6, 6.07) is 0. The SMILES string of the molecule is O=C1C2C=C(Cl)C(F)=CC2CCN1C1=C=[N+]=CCC1C(F)(F)F. The molecule has 1 fully saturated rings. The third-order valence-corrected chi connectivity index (χ3v) is 4.55. The molecule has 0 saturated carbocycles. The fourth-order valence-corrected chi connectivity index (χ4v) is 3.25. The van der Waals surface area contributed by atoms with E-state index in [4.69, 9.17) is 11.6 Å². The standard InChI is InChI=1S/C15H12ClF4N2O/c16-11-6-9-8(5-12(11)17)2-4-22(14(9)23)13-7-21-3-1-10(13)15(18,19)20/h3,5-6,8-10H,1-2,4H2/q+1. The first-order valence-corrected chi connectivity index (χ1v) is 7.44. The van der Waals surface area contributed by atoms with Gasteiger partial charge in [0.05, 0.1) is 17.4 Å². The molecule has 3 nitrogen and oxygen atoms in total. The Balaban J connectivity index is 1.92. The molecule has 3 aliphatic rings. The Morgan fingerprint density at radius 1 is 1.35 bits per heavy atom. The van der Waals surface area contributed by atoms with E-state index in [2.05, 4.69) is 10.5 Å². The van der Waals surface area contributed by atoms with Crippen molar-refractivity contribution in [3.8, 4) is 0 Å². The molecular weight excluding hydrogens is 336 g/mol. The Morgan fingerprint density at radius 2 is 2.09 bits per heavy atom. The first-order valence-electron chi connectivity index (χ1n) is 7.06. The summed E-state index contributed by atoms with van der Waals surface area (Å²) < 4.78 is 56.6. The highest BCUT2D eigenvalue weighted by atomic mass is 35.5. The van der Waals surface area contributed by atoms with Gasteiger partial charge in [0.2, 0.25) is 5.91 Å². The summed E-state index contributed by atoms with van der Waals surface area (Å²) >= 11 is 5.71. The summed E-state index contributed by atoms with van der Waals surface area (Å²) in [4.78, 5) is 13.6. The van der Waals surface area contributed by atoms with Crippen LogP contribution in [0.25, 0.3) is 0 Å². The lowest BCUT2D eigenvalue weighted by molar-refractivity contribution is -0.168.